The number of halogens is 6. The third-order valence-electron chi connectivity index (χ3n) is 5.62. The summed E-state index contributed by atoms with van der Waals surface area (Å²) in [6.07, 6.45) is -8.11. The van der Waals surface area contributed by atoms with Crippen LogP contribution in [0.5, 0.6) is 0 Å². The van der Waals surface area contributed by atoms with Crippen LogP contribution < -0.4 is 5.32 Å². The average Bonchev–Trinajstić information content (AvgIpc) is 3.34. The Bertz CT molecular complexity index is 954. The van der Waals surface area contributed by atoms with Crippen molar-refractivity contribution in [2.24, 2.45) is 5.92 Å². The highest BCUT2D eigenvalue weighted by molar-refractivity contribution is 5.57. The minimum atomic E-state index is -4.37. The summed E-state index contributed by atoms with van der Waals surface area (Å²) >= 11 is 0. The van der Waals surface area contributed by atoms with Gasteiger partial charge < -0.3 is 19.6 Å². The van der Waals surface area contributed by atoms with Crippen LogP contribution >= 0.6 is 0 Å². The first-order chi connectivity index (χ1) is 15.1. The van der Waals surface area contributed by atoms with E-state index in [9.17, 15) is 31.4 Å². The van der Waals surface area contributed by atoms with Crippen molar-refractivity contribution < 1.29 is 40.6 Å². The molecule has 2 aliphatic heterocycles. The summed E-state index contributed by atoms with van der Waals surface area (Å²) in [5.74, 6) is -2.16. The highest BCUT2D eigenvalue weighted by Crippen LogP contribution is 2.38. The van der Waals surface area contributed by atoms with Gasteiger partial charge in [-0.2, -0.15) is 22.0 Å². The van der Waals surface area contributed by atoms with E-state index in [-0.39, 0.29) is 48.2 Å². The lowest BCUT2D eigenvalue weighted by Crippen LogP contribution is -2.50. The van der Waals surface area contributed by atoms with Gasteiger partial charge in [-0.05, 0) is 24.5 Å². The molecular weight excluding hydrogens is 446 g/mol. The molecule has 4 rings (SSSR count). The van der Waals surface area contributed by atoms with Crippen LogP contribution in [-0.2, 0) is 11.3 Å². The zero-order chi connectivity index (χ0) is 23.0. The molecule has 2 aliphatic rings. The highest BCUT2D eigenvalue weighted by Gasteiger charge is 2.37. The fourth-order valence-electron chi connectivity index (χ4n) is 4.04. The molecule has 13 heteroatoms. The molecule has 1 fully saturated rings. The average molecular weight is 466 g/mol. The number of rotatable bonds is 6. The van der Waals surface area contributed by atoms with Gasteiger partial charge in [-0.3, -0.25) is 4.90 Å². The molecule has 2 N–H and O–H groups in total. The predicted molar refractivity (Wildman–Crippen MR) is 96.8 cm³/mol. The van der Waals surface area contributed by atoms with Crippen molar-refractivity contribution in [2.75, 3.05) is 26.3 Å². The van der Waals surface area contributed by atoms with Gasteiger partial charge >= 0.3 is 12.6 Å². The fraction of sp³-hybridized carbons (Fsp3) is 0.579. The number of aliphatic hydroxyl groups excluding tert-OH is 1. The van der Waals surface area contributed by atoms with Gasteiger partial charge in [0.2, 0.25) is 5.89 Å². The van der Waals surface area contributed by atoms with Gasteiger partial charge in [-0.1, -0.05) is 0 Å². The summed E-state index contributed by atoms with van der Waals surface area (Å²) in [5.41, 5.74) is 0.461. The topological polar surface area (TPSA) is 83.7 Å². The molecule has 3 atom stereocenters. The second-order valence-corrected chi connectivity index (χ2v) is 7.80. The number of aromatic nitrogens is 2. The summed E-state index contributed by atoms with van der Waals surface area (Å²) in [6, 6.07) is 1.86. The number of aliphatic hydroxyl groups is 1. The molecule has 3 heterocycles. The van der Waals surface area contributed by atoms with Crippen LogP contribution in [-0.4, -0.2) is 58.7 Å². The summed E-state index contributed by atoms with van der Waals surface area (Å²) in [6.45, 7) is -0.450. The Morgan fingerprint density at radius 1 is 1.25 bits per heavy atom. The van der Waals surface area contributed by atoms with E-state index >= 15 is 0 Å². The Morgan fingerprint density at radius 2 is 2.03 bits per heavy atom. The van der Waals surface area contributed by atoms with Gasteiger partial charge in [0.15, 0.2) is 0 Å². The lowest BCUT2D eigenvalue weighted by atomic mass is 9.94. The van der Waals surface area contributed by atoms with Gasteiger partial charge in [0.1, 0.15) is 12.0 Å². The smallest absolute Gasteiger partial charge is 0.401 e. The van der Waals surface area contributed by atoms with E-state index in [0.29, 0.717) is 13.0 Å². The summed E-state index contributed by atoms with van der Waals surface area (Å²) in [7, 11) is 0. The van der Waals surface area contributed by atoms with Crippen LogP contribution in [0.2, 0.25) is 0 Å². The Balaban J connectivity index is 1.49. The summed E-state index contributed by atoms with van der Waals surface area (Å²) < 4.78 is 88.0. The van der Waals surface area contributed by atoms with E-state index < -0.39 is 43.1 Å². The van der Waals surface area contributed by atoms with E-state index in [0.717, 1.165) is 6.07 Å². The second kappa shape index (κ2) is 8.96. The quantitative estimate of drug-likeness (QED) is 0.633. The van der Waals surface area contributed by atoms with Crippen molar-refractivity contribution in [3.8, 4) is 11.5 Å². The van der Waals surface area contributed by atoms with Gasteiger partial charge in [-0.15, -0.1) is 10.2 Å². The number of hydrogen-bond donors (Lipinski definition) is 2. The Kier molecular flexibility index (Phi) is 6.43. The summed E-state index contributed by atoms with van der Waals surface area (Å²) in [4.78, 5) is 1.55. The van der Waals surface area contributed by atoms with Gasteiger partial charge in [-0.25, -0.2) is 4.39 Å². The molecule has 0 amide bonds. The molecular formula is C19H20F6N4O3. The molecule has 0 spiro atoms. The van der Waals surface area contributed by atoms with Crippen molar-refractivity contribution in [3.05, 3.63) is 35.0 Å². The molecule has 0 saturated carbocycles. The highest BCUT2D eigenvalue weighted by atomic mass is 19.4. The van der Waals surface area contributed by atoms with E-state index in [4.69, 9.17) is 9.15 Å². The zero-order valence-electron chi connectivity index (χ0n) is 16.6. The molecule has 2 aromatic rings. The maximum atomic E-state index is 14.7. The number of benzene rings is 1. The molecule has 1 saturated heterocycles. The van der Waals surface area contributed by atoms with Crippen molar-refractivity contribution in [1.82, 2.24) is 20.4 Å². The van der Waals surface area contributed by atoms with Crippen molar-refractivity contribution in [2.45, 2.75) is 37.8 Å². The fourth-order valence-corrected chi connectivity index (χ4v) is 4.04. The van der Waals surface area contributed by atoms with Crippen LogP contribution in [0.1, 0.15) is 36.1 Å². The van der Waals surface area contributed by atoms with E-state index in [1.165, 1.54) is 6.07 Å². The SMILES string of the molecule is OC1c2cc(-c3nnc(C(F)F)o3)cc(F)c2CN1CC1CCOC[C@H]1NCC(F)(F)F. The molecule has 176 valence electrons. The molecule has 32 heavy (non-hydrogen) atoms. The molecule has 0 radical (unpaired) electrons. The first-order valence-electron chi connectivity index (χ1n) is 9.86. The third-order valence-corrected chi connectivity index (χ3v) is 5.62. The van der Waals surface area contributed by atoms with Crippen LogP contribution in [0.15, 0.2) is 16.5 Å². The Hall–Kier alpha value is -2.22. The van der Waals surface area contributed by atoms with E-state index in [2.05, 4.69) is 15.5 Å². The molecule has 1 aromatic carbocycles. The molecule has 2 unspecified atom stereocenters. The number of hydrogen-bond acceptors (Lipinski definition) is 7. The van der Waals surface area contributed by atoms with E-state index in [1.807, 2.05) is 0 Å². The number of fused-ring (bicyclic) bond motifs is 1. The predicted octanol–water partition coefficient (Wildman–Crippen LogP) is 3.18. The van der Waals surface area contributed by atoms with Crippen LogP contribution in [0.3, 0.4) is 0 Å². The maximum absolute atomic E-state index is 14.7. The third kappa shape index (κ3) is 4.90. The lowest BCUT2D eigenvalue weighted by Gasteiger charge is -2.36. The molecule has 1 aromatic heterocycles. The first kappa shape index (κ1) is 23.0. The number of alkyl halides is 5. The maximum Gasteiger partial charge on any atom is 0.401 e. The monoisotopic (exact) mass is 466 g/mol. The van der Waals surface area contributed by atoms with Gasteiger partial charge in [0, 0.05) is 42.4 Å². The number of nitrogens with zero attached hydrogens (tertiary/aromatic N) is 3. The molecule has 7 nitrogen and oxygen atoms in total. The minimum absolute atomic E-state index is 0.0392. The van der Waals surface area contributed by atoms with E-state index in [1.54, 1.807) is 4.90 Å². The second-order valence-electron chi connectivity index (χ2n) is 7.80. The zero-order valence-corrected chi connectivity index (χ0v) is 16.6. The Labute approximate surface area is 178 Å². The normalized spacial score (nSPS) is 24.3. The molecule has 0 bridgehead atoms. The van der Waals surface area contributed by atoms with Crippen molar-refractivity contribution in [1.29, 1.82) is 0 Å². The largest absolute Gasteiger partial charge is 0.415 e. The minimum Gasteiger partial charge on any atom is -0.415 e. The molecule has 0 aliphatic carbocycles. The lowest BCUT2D eigenvalue weighted by molar-refractivity contribution is -0.130. The summed E-state index contributed by atoms with van der Waals surface area (Å²) in [5, 5.41) is 19.9. The number of ether oxygens (including phenoxy) is 1. The van der Waals surface area contributed by atoms with Crippen molar-refractivity contribution in [3.63, 3.8) is 0 Å². The van der Waals surface area contributed by atoms with Crippen LogP contribution in [0.4, 0.5) is 26.3 Å². The van der Waals surface area contributed by atoms with Crippen molar-refractivity contribution >= 4 is 0 Å². The first-order valence-corrected chi connectivity index (χ1v) is 9.86. The standard InChI is InChI=1S/C19H20F6N4O3/c20-13-4-10(16-27-28-17(32-16)15(21)22)3-11-12(13)6-29(18(11)30)5-9-1-2-31-7-14(9)26-8-19(23,24)25/h3-4,9,14-15,18,26,30H,1-2,5-8H2/t9?,14-,18?/m1/s1. The van der Waals surface area contributed by atoms with Gasteiger partial charge in [0.05, 0.1) is 13.2 Å². The number of nitrogens with one attached hydrogen (secondary N) is 1. The van der Waals surface area contributed by atoms with Gasteiger partial charge in [0.25, 0.3) is 5.89 Å². The Morgan fingerprint density at radius 3 is 2.72 bits per heavy atom. The van der Waals surface area contributed by atoms with Crippen LogP contribution in [0, 0.1) is 11.7 Å². The van der Waals surface area contributed by atoms with Crippen LogP contribution in [0.25, 0.3) is 11.5 Å².